The van der Waals surface area contributed by atoms with Crippen molar-refractivity contribution in [2.45, 2.75) is 32.8 Å². The lowest BCUT2D eigenvalue weighted by molar-refractivity contribution is -0.135. The van der Waals surface area contributed by atoms with Gasteiger partial charge in [-0.2, -0.15) is 5.10 Å². The average Bonchev–Trinajstić information content (AvgIpc) is 3.31. The molecule has 7 nitrogen and oxygen atoms in total. The third-order valence-corrected chi connectivity index (χ3v) is 5.57. The van der Waals surface area contributed by atoms with Crippen LogP contribution in [0.1, 0.15) is 24.0 Å². The van der Waals surface area contributed by atoms with E-state index in [-0.39, 0.29) is 30.3 Å². The van der Waals surface area contributed by atoms with Gasteiger partial charge in [-0.1, -0.05) is 6.07 Å². The molecule has 7 heteroatoms. The average molecular weight is 380 g/mol. The molecule has 28 heavy (non-hydrogen) atoms. The minimum atomic E-state index is -0.302. The summed E-state index contributed by atoms with van der Waals surface area (Å²) in [6, 6.07) is 9.51. The zero-order valence-electron chi connectivity index (χ0n) is 16.2. The van der Waals surface area contributed by atoms with E-state index in [9.17, 15) is 9.59 Å². The molecule has 2 aliphatic rings. The highest BCUT2D eigenvalue weighted by Gasteiger charge is 2.39. The maximum atomic E-state index is 13.0. The molecule has 2 atom stereocenters. The Morgan fingerprint density at radius 1 is 1.18 bits per heavy atom. The largest absolute Gasteiger partial charge is 0.471 e. The molecule has 0 spiro atoms. The lowest BCUT2D eigenvalue weighted by Gasteiger charge is -2.21. The third kappa shape index (κ3) is 3.69. The van der Waals surface area contributed by atoms with Crippen molar-refractivity contribution in [3.05, 3.63) is 47.7 Å². The summed E-state index contributed by atoms with van der Waals surface area (Å²) in [5, 5.41) is 7.73. The number of ether oxygens (including phenoxy) is 1. The van der Waals surface area contributed by atoms with Crippen LogP contribution >= 0.6 is 0 Å². The van der Waals surface area contributed by atoms with Gasteiger partial charge < -0.3 is 14.5 Å². The van der Waals surface area contributed by atoms with Crippen molar-refractivity contribution in [2.75, 3.05) is 24.5 Å². The number of carbonyl (C=O) groups is 2. The van der Waals surface area contributed by atoms with Crippen molar-refractivity contribution >= 4 is 17.5 Å². The standard InChI is InChI=1S/C21H24N4O3/c1-14-5-6-17(10-15(14)2)25-12-16(11-20(25)26)21(27)24-9-7-18(13-24)28-19-4-3-8-22-23-19/h3-6,8,10,16,18H,7,9,11-13H2,1-2H3. The Bertz CT molecular complexity index is 886. The van der Waals surface area contributed by atoms with E-state index in [2.05, 4.69) is 10.2 Å². The van der Waals surface area contributed by atoms with Crippen molar-refractivity contribution in [2.24, 2.45) is 5.92 Å². The number of anilines is 1. The normalized spacial score (nSPS) is 22.0. The highest BCUT2D eigenvalue weighted by Crippen LogP contribution is 2.29. The van der Waals surface area contributed by atoms with E-state index < -0.39 is 0 Å². The fourth-order valence-electron chi connectivity index (χ4n) is 3.82. The maximum absolute atomic E-state index is 13.0. The first-order chi connectivity index (χ1) is 13.5. The van der Waals surface area contributed by atoms with Gasteiger partial charge in [0.15, 0.2) is 0 Å². The van der Waals surface area contributed by atoms with Crippen LogP contribution in [0.4, 0.5) is 5.69 Å². The number of aromatic nitrogens is 2. The molecule has 2 amide bonds. The van der Waals surface area contributed by atoms with Gasteiger partial charge in [-0.25, -0.2) is 0 Å². The van der Waals surface area contributed by atoms with E-state index in [1.165, 1.54) is 5.56 Å². The summed E-state index contributed by atoms with van der Waals surface area (Å²) in [7, 11) is 0. The summed E-state index contributed by atoms with van der Waals surface area (Å²) in [6.07, 6.45) is 2.52. The molecular formula is C21H24N4O3. The lowest BCUT2D eigenvalue weighted by atomic mass is 10.1. The SMILES string of the molecule is Cc1ccc(N2CC(C(=O)N3CCC(Oc4cccnn4)C3)CC2=O)cc1C. The minimum absolute atomic E-state index is 0.00756. The number of carbonyl (C=O) groups excluding carboxylic acids is 2. The van der Waals surface area contributed by atoms with Crippen LogP contribution in [-0.4, -0.2) is 52.6 Å². The number of benzene rings is 1. The second-order valence-electron chi connectivity index (χ2n) is 7.55. The van der Waals surface area contributed by atoms with Gasteiger partial charge in [0.1, 0.15) is 6.10 Å². The molecule has 2 aromatic rings. The Balaban J connectivity index is 1.38. The summed E-state index contributed by atoms with van der Waals surface area (Å²) >= 11 is 0. The molecule has 3 heterocycles. The number of hydrogen-bond donors (Lipinski definition) is 0. The Labute approximate surface area is 164 Å². The molecule has 0 bridgehead atoms. The van der Waals surface area contributed by atoms with E-state index in [1.54, 1.807) is 23.2 Å². The Hall–Kier alpha value is -2.96. The fraction of sp³-hybridized carbons (Fsp3) is 0.429. The van der Waals surface area contributed by atoms with Gasteiger partial charge in [0.2, 0.25) is 17.7 Å². The summed E-state index contributed by atoms with van der Waals surface area (Å²) in [6.45, 7) is 5.67. The molecule has 2 saturated heterocycles. The van der Waals surface area contributed by atoms with Crippen LogP contribution in [0.5, 0.6) is 5.88 Å². The number of amides is 2. The highest BCUT2D eigenvalue weighted by atomic mass is 16.5. The number of aryl methyl sites for hydroxylation is 2. The Kier molecular flexibility index (Phi) is 4.98. The predicted octanol–water partition coefficient (Wildman–Crippen LogP) is 2.13. The van der Waals surface area contributed by atoms with Crippen LogP contribution in [0, 0.1) is 19.8 Å². The van der Waals surface area contributed by atoms with E-state index in [0.29, 0.717) is 25.5 Å². The van der Waals surface area contributed by atoms with Gasteiger partial charge in [0.25, 0.3) is 0 Å². The second kappa shape index (κ2) is 7.58. The molecule has 0 aliphatic carbocycles. The molecule has 1 aromatic heterocycles. The second-order valence-corrected chi connectivity index (χ2v) is 7.55. The van der Waals surface area contributed by atoms with Crippen LogP contribution in [0.25, 0.3) is 0 Å². The van der Waals surface area contributed by atoms with Gasteiger partial charge in [-0.05, 0) is 43.2 Å². The van der Waals surface area contributed by atoms with E-state index >= 15 is 0 Å². The number of hydrogen-bond acceptors (Lipinski definition) is 5. The first kappa shape index (κ1) is 18.4. The van der Waals surface area contributed by atoms with Gasteiger partial charge in [-0.15, -0.1) is 5.10 Å². The van der Waals surface area contributed by atoms with Crippen LogP contribution in [0.15, 0.2) is 36.5 Å². The van der Waals surface area contributed by atoms with Crippen LogP contribution in [0.2, 0.25) is 0 Å². The van der Waals surface area contributed by atoms with Crippen LogP contribution in [-0.2, 0) is 9.59 Å². The molecule has 0 saturated carbocycles. The van der Waals surface area contributed by atoms with Crippen LogP contribution < -0.4 is 9.64 Å². The summed E-state index contributed by atoms with van der Waals surface area (Å²) < 4.78 is 5.81. The van der Waals surface area contributed by atoms with Gasteiger partial charge in [0, 0.05) is 43.9 Å². The topological polar surface area (TPSA) is 75.6 Å². The van der Waals surface area contributed by atoms with Crippen molar-refractivity contribution in [1.82, 2.24) is 15.1 Å². The molecule has 2 unspecified atom stereocenters. The molecule has 0 N–H and O–H groups in total. The summed E-state index contributed by atoms with van der Waals surface area (Å²) in [5.74, 6) is 0.209. The molecule has 2 fully saturated rings. The van der Waals surface area contributed by atoms with Crippen molar-refractivity contribution in [3.63, 3.8) is 0 Å². The lowest BCUT2D eigenvalue weighted by Crippen LogP contribution is -2.37. The minimum Gasteiger partial charge on any atom is -0.471 e. The smallest absolute Gasteiger partial charge is 0.233 e. The Morgan fingerprint density at radius 2 is 2.04 bits per heavy atom. The van der Waals surface area contributed by atoms with Gasteiger partial charge in [-0.3, -0.25) is 9.59 Å². The first-order valence-corrected chi connectivity index (χ1v) is 9.62. The molecular weight excluding hydrogens is 356 g/mol. The molecule has 4 rings (SSSR count). The molecule has 0 radical (unpaired) electrons. The van der Waals surface area contributed by atoms with Crippen molar-refractivity contribution < 1.29 is 14.3 Å². The van der Waals surface area contributed by atoms with Crippen molar-refractivity contribution in [1.29, 1.82) is 0 Å². The first-order valence-electron chi connectivity index (χ1n) is 9.62. The quantitative estimate of drug-likeness (QED) is 0.812. The van der Waals surface area contributed by atoms with E-state index in [4.69, 9.17) is 4.74 Å². The van der Waals surface area contributed by atoms with Gasteiger partial charge >= 0.3 is 0 Å². The molecule has 146 valence electrons. The maximum Gasteiger partial charge on any atom is 0.233 e. The van der Waals surface area contributed by atoms with E-state index in [0.717, 1.165) is 17.7 Å². The predicted molar refractivity (Wildman–Crippen MR) is 104 cm³/mol. The van der Waals surface area contributed by atoms with Gasteiger partial charge in [0.05, 0.1) is 12.5 Å². The summed E-state index contributed by atoms with van der Waals surface area (Å²) in [5.41, 5.74) is 3.20. The summed E-state index contributed by atoms with van der Waals surface area (Å²) in [4.78, 5) is 29.0. The van der Waals surface area contributed by atoms with E-state index in [1.807, 2.05) is 36.9 Å². The van der Waals surface area contributed by atoms with Crippen molar-refractivity contribution in [3.8, 4) is 5.88 Å². The highest BCUT2D eigenvalue weighted by molar-refractivity contribution is 6.00. The molecule has 2 aliphatic heterocycles. The third-order valence-electron chi connectivity index (χ3n) is 5.57. The Morgan fingerprint density at radius 3 is 2.79 bits per heavy atom. The van der Waals surface area contributed by atoms with Crippen LogP contribution in [0.3, 0.4) is 0 Å². The number of rotatable bonds is 4. The zero-order valence-corrected chi connectivity index (χ0v) is 16.2. The zero-order chi connectivity index (χ0) is 19.7. The number of nitrogens with zero attached hydrogens (tertiary/aromatic N) is 4. The fourth-order valence-corrected chi connectivity index (χ4v) is 3.82. The molecule has 1 aromatic carbocycles. The number of likely N-dealkylation sites (tertiary alicyclic amines) is 1. The monoisotopic (exact) mass is 380 g/mol.